The number of hydrogen-bond donors (Lipinski definition) is 3. The summed E-state index contributed by atoms with van der Waals surface area (Å²) in [5, 5.41) is 19.3. The first-order valence-corrected chi connectivity index (χ1v) is 5.31. The number of nitrogens with two attached hydrogens (primary N) is 1. The highest BCUT2D eigenvalue weighted by Crippen LogP contribution is 2.15. The van der Waals surface area contributed by atoms with E-state index in [-0.39, 0.29) is 13.2 Å². The third kappa shape index (κ3) is 3.02. The van der Waals surface area contributed by atoms with E-state index in [0.717, 1.165) is 11.3 Å². The number of anilines is 2. The molecule has 0 spiro atoms. The normalized spacial score (nSPS) is 10.5. The lowest BCUT2D eigenvalue weighted by atomic mass is 10.1. The fourth-order valence-electron chi connectivity index (χ4n) is 1.39. The molecule has 0 aliphatic carbocycles. The lowest BCUT2D eigenvalue weighted by Crippen LogP contribution is -1.95. The molecule has 2 aromatic rings. The van der Waals surface area contributed by atoms with Gasteiger partial charge in [0.05, 0.1) is 6.54 Å². The Kier molecular flexibility index (Phi) is 3.69. The largest absolute Gasteiger partial charge is 0.406 e. The van der Waals surface area contributed by atoms with Crippen LogP contribution < -0.4 is 11.1 Å². The third-order valence-electron chi connectivity index (χ3n) is 2.25. The minimum atomic E-state index is 0.149. The third-order valence-corrected chi connectivity index (χ3v) is 2.25. The van der Waals surface area contributed by atoms with Crippen LogP contribution in [0.4, 0.5) is 11.7 Å². The second-order valence-electron chi connectivity index (χ2n) is 3.50. The number of nitrogens with zero attached hydrogens (tertiary/aromatic N) is 2. The van der Waals surface area contributed by atoms with E-state index >= 15 is 0 Å². The zero-order chi connectivity index (χ0) is 12.1. The summed E-state index contributed by atoms with van der Waals surface area (Å²) in [6.07, 6.45) is 0.651. The molecule has 0 aliphatic heterocycles. The predicted molar refractivity (Wildman–Crippen MR) is 62.7 cm³/mol. The van der Waals surface area contributed by atoms with Crippen molar-refractivity contribution in [3.8, 4) is 0 Å². The van der Waals surface area contributed by atoms with Gasteiger partial charge in [0.1, 0.15) is 0 Å². The van der Waals surface area contributed by atoms with E-state index in [1.165, 1.54) is 0 Å². The smallest absolute Gasteiger partial charge is 0.320 e. The number of rotatable bonds is 5. The van der Waals surface area contributed by atoms with E-state index in [0.29, 0.717) is 18.3 Å². The molecule has 0 atom stereocenters. The topological polar surface area (TPSA) is 97.2 Å². The first kappa shape index (κ1) is 11.6. The van der Waals surface area contributed by atoms with Crippen LogP contribution in [0.2, 0.25) is 0 Å². The van der Waals surface area contributed by atoms with E-state index < -0.39 is 0 Å². The highest BCUT2D eigenvalue weighted by atomic mass is 16.4. The van der Waals surface area contributed by atoms with Crippen LogP contribution in [-0.4, -0.2) is 21.9 Å². The Bertz CT molecular complexity index is 467. The molecule has 1 heterocycles. The molecule has 0 unspecified atom stereocenters. The van der Waals surface area contributed by atoms with Crippen molar-refractivity contribution in [1.82, 2.24) is 10.2 Å². The van der Waals surface area contributed by atoms with Gasteiger partial charge in [-0.25, -0.2) is 0 Å². The van der Waals surface area contributed by atoms with Crippen molar-refractivity contribution < 1.29 is 9.52 Å². The van der Waals surface area contributed by atoms with Crippen molar-refractivity contribution in [2.45, 2.75) is 13.0 Å². The molecule has 6 heteroatoms. The quantitative estimate of drug-likeness (QED) is 0.708. The zero-order valence-corrected chi connectivity index (χ0v) is 9.26. The SMILES string of the molecule is NCc1nnc(Nc2ccc(CCO)cc2)o1. The fourth-order valence-corrected chi connectivity index (χ4v) is 1.39. The molecule has 1 aromatic carbocycles. The molecule has 2 rings (SSSR count). The molecule has 0 amide bonds. The Morgan fingerprint density at radius 2 is 2.00 bits per heavy atom. The second-order valence-corrected chi connectivity index (χ2v) is 3.50. The van der Waals surface area contributed by atoms with Crippen molar-refractivity contribution in [2.24, 2.45) is 5.73 Å². The van der Waals surface area contributed by atoms with Gasteiger partial charge in [-0.1, -0.05) is 17.2 Å². The Morgan fingerprint density at radius 1 is 1.24 bits per heavy atom. The molecule has 0 saturated carbocycles. The van der Waals surface area contributed by atoms with Crippen LogP contribution >= 0.6 is 0 Å². The summed E-state index contributed by atoms with van der Waals surface area (Å²) >= 11 is 0. The Hall–Kier alpha value is -1.92. The zero-order valence-electron chi connectivity index (χ0n) is 9.26. The number of hydrogen-bond acceptors (Lipinski definition) is 6. The van der Waals surface area contributed by atoms with Gasteiger partial charge in [-0.2, -0.15) is 0 Å². The van der Waals surface area contributed by atoms with Crippen LogP contribution in [0.1, 0.15) is 11.5 Å². The molecule has 4 N–H and O–H groups in total. The van der Waals surface area contributed by atoms with Gasteiger partial charge in [-0.05, 0) is 24.1 Å². The highest BCUT2D eigenvalue weighted by molar-refractivity contribution is 5.52. The van der Waals surface area contributed by atoms with Crippen molar-refractivity contribution in [1.29, 1.82) is 0 Å². The first-order valence-electron chi connectivity index (χ1n) is 5.31. The monoisotopic (exact) mass is 234 g/mol. The molecule has 0 bridgehead atoms. The molecule has 0 fully saturated rings. The number of aromatic nitrogens is 2. The van der Waals surface area contributed by atoms with Gasteiger partial charge in [0.2, 0.25) is 5.89 Å². The molecule has 1 aromatic heterocycles. The van der Waals surface area contributed by atoms with Crippen LogP contribution in [0, 0.1) is 0 Å². The summed E-state index contributed by atoms with van der Waals surface area (Å²) in [5.74, 6) is 0.393. The van der Waals surface area contributed by atoms with Crippen molar-refractivity contribution >= 4 is 11.7 Å². The van der Waals surface area contributed by atoms with Crippen molar-refractivity contribution in [2.75, 3.05) is 11.9 Å². The summed E-state index contributed by atoms with van der Waals surface area (Å²) in [7, 11) is 0. The maximum Gasteiger partial charge on any atom is 0.320 e. The van der Waals surface area contributed by atoms with Gasteiger partial charge in [-0.3, -0.25) is 0 Å². The number of benzene rings is 1. The van der Waals surface area contributed by atoms with Crippen LogP contribution in [0.25, 0.3) is 0 Å². The maximum atomic E-state index is 8.79. The lowest BCUT2D eigenvalue weighted by molar-refractivity contribution is 0.299. The van der Waals surface area contributed by atoms with Gasteiger partial charge in [0.25, 0.3) is 0 Å². The first-order chi connectivity index (χ1) is 8.31. The number of nitrogens with one attached hydrogen (secondary N) is 1. The van der Waals surface area contributed by atoms with E-state index in [2.05, 4.69) is 15.5 Å². The minimum Gasteiger partial charge on any atom is -0.406 e. The van der Waals surface area contributed by atoms with E-state index in [1.807, 2.05) is 24.3 Å². The molecular weight excluding hydrogens is 220 g/mol. The van der Waals surface area contributed by atoms with Gasteiger partial charge >= 0.3 is 6.01 Å². The Balaban J connectivity index is 2.03. The lowest BCUT2D eigenvalue weighted by Gasteiger charge is -2.02. The Labute approximate surface area is 98.5 Å². The average Bonchev–Trinajstić information content (AvgIpc) is 2.80. The average molecular weight is 234 g/mol. The second kappa shape index (κ2) is 5.42. The number of aliphatic hydroxyl groups excluding tert-OH is 1. The van der Waals surface area contributed by atoms with Crippen LogP contribution in [-0.2, 0) is 13.0 Å². The predicted octanol–water partition coefficient (Wildman–Crippen LogP) is 0.807. The summed E-state index contributed by atoms with van der Waals surface area (Å²) in [6.45, 7) is 0.375. The Morgan fingerprint density at radius 3 is 2.59 bits per heavy atom. The molecule has 17 heavy (non-hydrogen) atoms. The molecule has 0 saturated heterocycles. The fraction of sp³-hybridized carbons (Fsp3) is 0.273. The van der Waals surface area contributed by atoms with Crippen molar-refractivity contribution in [3.63, 3.8) is 0 Å². The van der Waals surface area contributed by atoms with Gasteiger partial charge in [-0.15, -0.1) is 5.10 Å². The van der Waals surface area contributed by atoms with E-state index in [1.54, 1.807) is 0 Å². The number of aliphatic hydroxyl groups is 1. The summed E-state index contributed by atoms with van der Waals surface area (Å²) < 4.78 is 5.22. The van der Waals surface area contributed by atoms with Gasteiger partial charge in [0.15, 0.2) is 0 Å². The molecular formula is C11H14N4O2. The summed E-state index contributed by atoms with van der Waals surface area (Å²) in [6, 6.07) is 7.95. The summed E-state index contributed by atoms with van der Waals surface area (Å²) in [4.78, 5) is 0. The molecule has 6 nitrogen and oxygen atoms in total. The highest BCUT2D eigenvalue weighted by Gasteiger charge is 2.04. The van der Waals surface area contributed by atoms with Crippen LogP contribution in [0.3, 0.4) is 0 Å². The molecule has 0 radical (unpaired) electrons. The standard InChI is InChI=1S/C11H14N4O2/c12-7-10-14-15-11(17-10)13-9-3-1-8(2-4-9)5-6-16/h1-4,16H,5-7,12H2,(H,13,15). The van der Waals surface area contributed by atoms with Gasteiger partial charge in [0, 0.05) is 12.3 Å². The van der Waals surface area contributed by atoms with Crippen molar-refractivity contribution in [3.05, 3.63) is 35.7 Å². The van der Waals surface area contributed by atoms with Gasteiger partial charge < -0.3 is 20.6 Å². The molecule has 0 aliphatic rings. The van der Waals surface area contributed by atoms with Crippen LogP contribution in [0.15, 0.2) is 28.7 Å². The summed E-state index contributed by atoms with van der Waals surface area (Å²) in [5.41, 5.74) is 7.28. The van der Waals surface area contributed by atoms with E-state index in [9.17, 15) is 0 Å². The minimum absolute atomic E-state index is 0.149. The maximum absolute atomic E-state index is 8.79. The molecule has 90 valence electrons. The van der Waals surface area contributed by atoms with Crippen LogP contribution in [0.5, 0.6) is 0 Å². The van der Waals surface area contributed by atoms with E-state index in [4.69, 9.17) is 15.3 Å².